The molecule has 9 heteroatoms. The summed E-state index contributed by atoms with van der Waals surface area (Å²) in [4.78, 5) is 17.7. The second kappa shape index (κ2) is 11.2. The predicted molar refractivity (Wildman–Crippen MR) is 134 cm³/mol. The van der Waals surface area contributed by atoms with E-state index in [0.29, 0.717) is 46.0 Å². The van der Waals surface area contributed by atoms with E-state index in [9.17, 15) is 9.18 Å². The normalized spacial score (nSPS) is 14.8. The van der Waals surface area contributed by atoms with Crippen LogP contribution in [0.1, 0.15) is 37.4 Å². The highest BCUT2D eigenvalue weighted by molar-refractivity contribution is 7.98. The van der Waals surface area contributed by atoms with Crippen molar-refractivity contribution in [3.8, 4) is 5.75 Å². The van der Waals surface area contributed by atoms with E-state index in [0.717, 1.165) is 12.0 Å². The number of benzene rings is 2. The maximum Gasteiger partial charge on any atom is 0.338 e. The molecule has 1 atom stereocenters. The molecule has 1 unspecified atom stereocenters. The number of thioether (sulfide) groups is 1. The summed E-state index contributed by atoms with van der Waals surface area (Å²) in [6.07, 6.45) is 2.40. The Hall–Kier alpha value is -3.59. The molecule has 1 aromatic heterocycles. The van der Waals surface area contributed by atoms with Gasteiger partial charge in [-0.15, -0.1) is 5.10 Å². The summed E-state index contributed by atoms with van der Waals surface area (Å²) in [5.41, 5.74) is 2.41. The van der Waals surface area contributed by atoms with Gasteiger partial charge in [-0.05, 0) is 42.7 Å². The van der Waals surface area contributed by atoms with Crippen LogP contribution in [0.4, 0.5) is 10.3 Å². The molecule has 1 aliphatic heterocycles. The van der Waals surface area contributed by atoms with Crippen molar-refractivity contribution in [3.05, 3.63) is 89.4 Å². The number of nitrogens with zero attached hydrogens (tertiary/aromatic N) is 3. The first kappa shape index (κ1) is 24.5. The minimum atomic E-state index is -0.580. The molecule has 1 N–H and O–H groups in total. The number of allylic oxidation sites excluding steroid dienone is 1. The molecule has 0 amide bonds. The fraction of sp³-hybridized carbons (Fsp3) is 0.269. The summed E-state index contributed by atoms with van der Waals surface area (Å²) in [5, 5.41) is 8.31. The zero-order valence-corrected chi connectivity index (χ0v) is 20.5. The van der Waals surface area contributed by atoms with Crippen LogP contribution in [0.25, 0.3) is 0 Å². The lowest BCUT2D eigenvalue weighted by atomic mass is 9.95. The van der Waals surface area contributed by atoms with Crippen LogP contribution in [0.5, 0.6) is 5.75 Å². The first-order valence-electron chi connectivity index (χ1n) is 11.3. The topological polar surface area (TPSA) is 78.3 Å². The number of hydrogen-bond donors (Lipinski definition) is 1. The Morgan fingerprint density at radius 3 is 2.89 bits per heavy atom. The van der Waals surface area contributed by atoms with Crippen molar-refractivity contribution < 1.29 is 18.7 Å². The number of anilines is 1. The molecule has 4 rings (SSSR count). The van der Waals surface area contributed by atoms with Crippen LogP contribution >= 0.6 is 11.8 Å². The Kier molecular flexibility index (Phi) is 7.87. The molecule has 0 spiro atoms. The van der Waals surface area contributed by atoms with E-state index in [2.05, 4.69) is 22.0 Å². The molecule has 182 valence electrons. The average molecular weight is 495 g/mol. The zero-order valence-electron chi connectivity index (χ0n) is 19.7. The molecule has 3 aromatic rings. The number of esters is 1. The third-order valence-electron chi connectivity index (χ3n) is 5.35. The van der Waals surface area contributed by atoms with Crippen molar-refractivity contribution in [3.63, 3.8) is 0 Å². The molecule has 1 aliphatic rings. The molecular weight excluding hydrogens is 467 g/mol. The Morgan fingerprint density at radius 1 is 1.29 bits per heavy atom. The summed E-state index contributed by atoms with van der Waals surface area (Å²) in [7, 11) is 0. The Morgan fingerprint density at radius 2 is 2.11 bits per heavy atom. The second-order valence-electron chi connectivity index (χ2n) is 7.92. The molecular formula is C26H27FN4O3S. The van der Waals surface area contributed by atoms with Crippen molar-refractivity contribution in [2.75, 3.05) is 18.5 Å². The fourth-order valence-corrected chi connectivity index (χ4v) is 4.54. The number of nitrogens with one attached hydrogen (secondary N) is 1. The molecule has 0 saturated heterocycles. The Bertz CT molecular complexity index is 1260. The van der Waals surface area contributed by atoms with Crippen LogP contribution in [0.15, 0.2) is 77.6 Å². The molecule has 0 aliphatic carbocycles. The van der Waals surface area contributed by atoms with Gasteiger partial charge in [0, 0.05) is 11.4 Å². The smallest absolute Gasteiger partial charge is 0.338 e. The summed E-state index contributed by atoms with van der Waals surface area (Å²) in [5.74, 6) is 0.830. The lowest BCUT2D eigenvalue weighted by Crippen LogP contribution is -2.29. The number of rotatable bonds is 10. The van der Waals surface area contributed by atoms with Crippen LogP contribution in [-0.4, -0.2) is 33.9 Å². The fourth-order valence-electron chi connectivity index (χ4n) is 3.73. The molecule has 7 nitrogen and oxygen atoms in total. The van der Waals surface area contributed by atoms with Crippen molar-refractivity contribution in [2.24, 2.45) is 0 Å². The van der Waals surface area contributed by atoms with Crippen LogP contribution in [0, 0.1) is 5.82 Å². The van der Waals surface area contributed by atoms with Crippen molar-refractivity contribution in [1.29, 1.82) is 0 Å². The third-order valence-corrected chi connectivity index (χ3v) is 6.23. The van der Waals surface area contributed by atoms with Gasteiger partial charge in [-0.25, -0.2) is 13.9 Å². The SMILES string of the molecule is C=CCOC(=O)C1=C(C)Nc2nc(SCc3ccccc3F)nn2C1c1cccc(OCCC)c1. The van der Waals surface area contributed by atoms with E-state index >= 15 is 0 Å². The van der Waals surface area contributed by atoms with E-state index in [4.69, 9.17) is 9.47 Å². The number of carbonyl (C=O) groups excluding carboxylic acids is 1. The summed E-state index contributed by atoms with van der Waals surface area (Å²) in [6, 6.07) is 13.6. The number of halogens is 1. The minimum absolute atomic E-state index is 0.0932. The first-order valence-corrected chi connectivity index (χ1v) is 12.3. The predicted octanol–water partition coefficient (Wildman–Crippen LogP) is 5.52. The van der Waals surface area contributed by atoms with Crippen LogP contribution in [-0.2, 0) is 15.3 Å². The highest BCUT2D eigenvalue weighted by atomic mass is 32.2. The number of fused-ring (bicyclic) bond motifs is 1. The monoisotopic (exact) mass is 494 g/mol. The molecule has 0 radical (unpaired) electrons. The molecule has 0 fully saturated rings. The Balaban J connectivity index is 1.70. The quantitative estimate of drug-likeness (QED) is 0.226. The summed E-state index contributed by atoms with van der Waals surface area (Å²) < 4.78 is 27.0. The number of aromatic nitrogens is 3. The summed E-state index contributed by atoms with van der Waals surface area (Å²) in [6.45, 7) is 8.15. The van der Waals surface area contributed by atoms with Gasteiger partial charge in [0.05, 0.1) is 12.2 Å². The average Bonchev–Trinajstić information content (AvgIpc) is 3.27. The van der Waals surface area contributed by atoms with Gasteiger partial charge >= 0.3 is 5.97 Å². The van der Waals surface area contributed by atoms with Gasteiger partial charge in [-0.2, -0.15) is 4.98 Å². The largest absolute Gasteiger partial charge is 0.494 e. The van der Waals surface area contributed by atoms with Gasteiger partial charge in [0.25, 0.3) is 0 Å². The lowest BCUT2D eigenvalue weighted by Gasteiger charge is -2.28. The zero-order chi connectivity index (χ0) is 24.8. The highest BCUT2D eigenvalue weighted by Gasteiger charge is 2.35. The van der Waals surface area contributed by atoms with Gasteiger partial charge in [0.2, 0.25) is 11.1 Å². The van der Waals surface area contributed by atoms with Crippen LogP contribution in [0.3, 0.4) is 0 Å². The van der Waals surface area contributed by atoms with E-state index in [-0.39, 0.29) is 12.4 Å². The first-order chi connectivity index (χ1) is 17.0. The number of hydrogen-bond acceptors (Lipinski definition) is 7. The van der Waals surface area contributed by atoms with Gasteiger partial charge < -0.3 is 14.8 Å². The highest BCUT2D eigenvalue weighted by Crippen LogP contribution is 2.38. The molecule has 2 heterocycles. The molecule has 0 bridgehead atoms. The molecule has 0 saturated carbocycles. The van der Waals surface area contributed by atoms with Crippen molar-refractivity contribution >= 4 is 23.7 Å². The standard InChI is InChI=1S/C26H27FN4O3S/c1-4-13-33-20-11-8-10-18(15-20)23-22(24(32)34-14-5-2)17(3)28-25-29-26(30-31(23)25)35-16-19-9-6-7-12-21(19)27/h5-12,15,23H,2,4,13-14,16H2,1,3H3,(H,28,29,30). The maximum absolute atomic E-state index is 14.1. The minimum Gasteiger partial charge on any atom is -0.494 e. The van der Waals surface area contributed by atoms with E-state index < -0.39 is 12.0 Å². The lowest BCUT2D eigenvalue weighted by molar-refractivity contribution is -0.138. The number of carbonyl (C=O) groups is 1. The van der Waals surface area contributed by atoms with Crippen LogP contribution in [0.2, 0.25) is 0 Å². The molecule has 2 aromatic carbocycles. The van der Waals surface area contributed by atoms with Gasteiger partial charge in [-0.1, -0.05) is 61.7 Å². The van der Waals surface area contributed by atoms with Crippen molar-refractivity contribution in [1.82, 2.24) is 14.8 Å². The van der Waals surface area contributed by atoms with Gasteiger partial charge in [0.1, 0.15) is 24.2 Å². The third kappa shape index (κ3) is 5.57. The van der Waals surface area contributed by atoms with Gasteiger partial charge in [-0.3, -0.25) is 0 Å². The van der Waals surface area contributed by atoms with E-state index in [1.54, 1.807) is 29.8 Å². The van der Waals surface area contributed by atoms with Crippen molar-refractivity contribution in [2.45, 2.75) is 37.2 Å². The molecule has 35 heavy (non-hydrogen) atoms. The van der Waals surface area contributed by atoms with E-state index in [1.165, 1.54) is 23.9 Å². The maximum atomic E-state index is 14.1. The van der Waals surface area contributed by atoms with Crippen LogP contribution < -0.4 is 10.1 Å². The Labute approximate surface area is 208 Å². The van der Waals surface area contributed by atoms with E-state index in [1.807, 2.05) is 31.2 Å². The second-order valence-corrected chi connectivity index (χ2v) is 8.86. The number of ether oxygens (including phenoxy) is 2. The summed E-state index contributed by atoms with van der Waals surface area (Å²) >= 11 is 1.32. The van der Waals surface area contributed by atoms with Gasteiger partial charge in [0.15, 0.2) is 0 Å².